The molecule has 0 aromatic carbocycles. The minimum Gasteiger partial charge on any atom is -0.502 e. The molecule has 2 aliphatic rings. The van der Waals surface area contributed by atoms with E-state index in [0.717, 1.165) is 19.3 Å². The van der Waals surface area contributed by atoms with Crippen LogP contribution >= 0.6 is 0 Å². The molecular weight excluding hydrogens is 294 g/mol. The molecule has 3 rings (SSSR count). The van der Waals surface area contributed by atoms with Gasteiger partial charge in [-0.3, -0.25) is 9.69 Å². The van der Waals surface area contributed by atoms with Crippen LogP contribution in [0.25, 0.3) is 0 Å². The molecule has 1 N–H and O–H groups in total. The summed E-state index contributed by atoms with van der Waals surface area (Å²) in [5, 5.41) is 9.30. The Morgan fingerprint density at radius 3 is 2.78 bits per heavy atom. The topological polar surface area (TPSA) is 62.9 Å². The van der Waals surface area contributed by atoms with Gasteiger partial charge in [0.15, 0.2) is 5.75 Å². The predicted octanol–water partition coefficient (Wildman–Crippen LogP) is 2.91. The van der Waals surface area contributed by atoms with Gasteiger partial charge in [0.05, 0.1) is 12.6 Å². The highest BCUT2D eigenvalue weighted by Crippen LogP contribution is 2.55. The second kappa shape index (κ2) is 6.65. The maximum atomic E-state index is 11.6. The highest BCUT2D eigenvalue weighted by Gasteiger charge is 2.56. The minimum absolute atomic E-state index is 0.264. The normalized spacial score (nSPS) is 26.4. The summed E-state index contributed by atoms with van der Waals surface area (Å²) in [4.78, 5) is 13.8. The van der Waals surface area contributed by atoms with Crippen LogP contribution in [0.1, 0.15) is 51.2 Å². The fourth-order valence-electron chi connectivity index (χ4n) is 4.53. The van der Waals surface area contributed by atoms with Crippen molar-refractivity contribution >= 4 is 0 Å². The van der Waals surface area contributed by atoms with Crippen LogP contribution < -0.4 is 5.43 Å². The fourth-order valence-corrected chi connectivity index (χ4v) is 4.53. The van der Waals surface area contributed by atoms with Crippen LogP contribution in [0, 0.1) is 5.41 Å². The maximum absolute atomic E-state index is 11.6. The van der Waals surface area contributed by atoms with Gasteiger partial charge in [0.2, 0.25) is 5.43 Å². The van der Waals surface area contributed by atoms with Crippen LogP contribution in [-0.2, 0) is 11.3 Å². The van der Waals surface area contributed by atoms with Crippen LogP contribution in [0.2, 0.25) is 0 Å². The van der Waals surface area contributed by atoms with Gasteiger partial charge in [0.1, 0.15) is 12.0 Å². The minimum atomic E-state index is -0.382. The van der Waals surface area contributed by atoms with Crippen molar-refractivity contribution in [3.63, 3.8) is 0 Å². The molecule has 0 saturated heterocycles. The molecule has 1 aromatic heterocycles. The van der Waals surface area contributed by atoms with Crippen molar-refractivity contribution in [2.75, 3.05) is 13.7 Å². The molecule has 1 aromatic rings. The van der Waals surface area contributed by atoms with E-state index < -0.39 is 0 Å². The molecule has 2 atom stereocenters. The van der Waals surface area contributed by atoms with E-state index in [1.807, 2.05) is 0 Å². The average molecular weight is 321 g/mol. The average Bonchev–Trinajstić information content (AvgIpc) is 2.55. The van der Waals surface area contributed by atoms with Gasteiger partial charge in [-0.2, -0.15) is 0 Å². The van der Waals surface area contributed by atoms with Crippen molar-refractivity contribution < 1.29 is 14.3 Å². The molecule has 5 heteroatoms. The molecule has 2 saturated carbocycles. The Labute approximate surface area is 137 Å². The summed E-state index contributed by atoms with van der Waals surface area (Å²) in [6, 6.07) is 1.86. The summed E-state index contributed by atoms with van der Waals surface area (Å²) in [5.41, 5.74) is -0.118. The van der Waals surface area contributed by atoms with Gasteiger partial charge in [-0.1, -0.05) is 19.3 Å². The molecule has 2 aliphatic carbocycles. The van der Waals surface area contributed by atoms with Gasteiger partial charge in [-0.05, 0) is 33.2 Å². The maximum Gasteiger partial charge on any atom is 0.226 e. The lowest BCUT2D eigenvalue weighted by atomic mass is 9.54. The zero-order chi connectivity index (χ0) is 16.4. The van der Waals surface area contributed by atoms with Crippen molar-refractivity contribution in [2.24, 2.45) is 5.41 Å². The molecule has 2 fully saturated rings. The first kappa shape index (κ1) is 16.5. The van der Waals surface area contributed by atoms with Crippen LogP contribution in [0.4, 0.5) is 0 Å². The standard InChI is InChI=1S/C18H27NO4/c1-3-22-17-10-16(18(17)7-5-4-6-8-18)19(2)11-13-9-14(20)15(21)12-23-13/h9,12,16-17,21H,3-8,10-11H2,1-2H3/t16-,17+/m1/s1. The van der Waals surface area contributed by atoms with Crippen LogP contribution in [0.15, 0.2) is 21.5 Å². The third kappa shape index (κ3) is 3.04. The van der Waals surface area contributed by atoms with Crippen molar-refractivity contribution in [3.8, 4) is 5.75 Å². The highest BCUT2D eigenvalue weighted by atomic mass is 16.5. The Hall–Kier alpha value is -1.33. The zero-order valence-corrected chi connectivity index (χ0v) is 14.1. The van der Waals surface area contributed by atoms with E-state index in [0.29, 0.717) is 24.5 Å². The lowest BCUT2D eigenvalue weighted by Crippen LogP contribution is -2.64. The Bertz CT molecular complexity index is 591. The summed E-state index contributed by atoms with van der Waals surface area (Å²) >= 11 is 0. The molecule has 0 bridgehead atoms. The van der Waals surface area contributed by atoms with E-state index in [2.05, 4.69) is 18.9 Å². The summed E-state index contributed by atoms with van der Waals surface area (Å²) in [5.74, 6) is 0.265. The molecule has 0 amide bonds. The molecule has 0 unspecified atom stereocenters. The van der Waals surface area contributed by atoms with Gasteiger partial charge in [-0.15, -0.1) is 0 Å². The first-order valence-electron chi connectivity index (χ1n) is 8.69. The van der Waals surface area contributed by atoms with Crippen LogP contribution in [0.5, 0.6) is 5.75 Å². The van der Waals surface area contributed by atoms with E-state index in [1.54, 1.807) is 0 Å². The summed E-state index contributed by atoms with van der Waals surface area (Å²) < 4.78 is 11.4. The van der Waals surface area contributed by atoms with E-state index in [4.69, 9.17) is 9.15 Å². The quantitative estimate of drug-likeness (QED) is 0.903. The molecule has 1 spiro atoms. The van der Waals surface area contributed by atoms with E-state index in [-0.39, 0.29) is 16.6 Å². The number of hydrogen-bond donors (Lipinski definition) is 1. The molecule has 23 heavy (non-hydrogen) atoms. The fraction of sp³-hybridized carbons (Fsp3) is 0.722. The van der Waals surface area contributed by atoms with Crippen molar-refractivity contribution in [1.29, 1.82) is 0 Å². The smallest absolute Gasteiger partial charge is 0.226 e. The molecule has 0 aliphatic heterocycles. The van der Waals surface area contributed by atoms with Gasteiger partial charge in [-0.25, -0.2) is 0 Å². The second-order valence-electron chi connectivity index (χ2n) is 7.00. The number of hydrogen-bond acceptors (Lipinski definition) is 5. The Balaban J connectivity index is 1.72. The Morgan fingerprint density at radius 2 is 2.13 bits per heavy atom. The Kier molecular flexibility index (Phi) is 4.78. The lowest BCUT2D eigenvalue weighted by molar-refractivity contribution is -0.180. The van der Waals surface area contributed by atoms with E-state index in [1.165, 1.54) is 38.2 Å². The monoisotopic (exact) mass is 321 g/mol. The number of nitrogens with zero attached hydrogens (tertiary/aromatic N) is 1. The van der Waals surface area contributed by atoms with Crippen molar-refractivity contribution in [1.82, 2.24) is 4.90 Å². The number of rotatable bonds is 5. The molecule has 128 valence electrons. The summed E-state index contributed by atoms with van der Waals surface area (Å²) in [7, 11) is 2.09. The number of aromatic hydroxyl groups is 1. The lowest BCUT2D eigenvalue weighted by Gasteiger charge is -2.60. The predicted molar refractivity (Wildman–Crippen MR) is 87.4 cm³/mol. The van der Waals surface area contributed by atoms with Crippen LogP contribution in [-0.4, -0.2) is 35.8 Å². The third-order valence-corrected chi connectivity index (χ3v) is 5.70. The number of ether oxygens (including phenoxy) is 1. The first-order chi connectivity index (χ1) is 11.1. The SMILES string of the molecule is CCO[C@H]1C[C@@H](N(C)Cc2cc(=O)c(O)co2)C12CCCCC2. The third-order valence-electron chi connectivity index (χ3n) is 5.70. The first-order valence-corrected chi connectivity index (χ1v) is 8.69. The summed E-state index contributed by atoms with van der Waals surface area (Å²) in [6.07, 6.45) is 8.89. The van der Waals surface area contributed by atoms with E-state index in [9.17, 15) is 9.90 Å². The second-order valence-corrected chi connectivity index (χ2v) is 7.00. The van der Waals surface area contributed by atoms with Crippen molar-refractivity contribution in [3.05, 3.63) is 28.3 Å². The highest BCUT2D eigenvalue weighted by molar-refractivity contribution is 5.16. The van der Waals surface area contributed by atoms with Gasteiger partial charge < -0.3 is 14.3 Å². The van der Waals surface area contributed by atoms with Gasteiger partial charge in [0, 0.05) is 24.1 Å². The van der Waals surface area contributed by atoms with Gasteiger partial charge in [0.25, 0.3) is 0 Å². The van der Waals surface area contributed by atoms with Crippen LogP contribution in [0.3, 0.4) is 0 Å². The van der Waals surface area contributed by atoms with Crippen molar-refractivity contribution in [2.45, 2.75) is 64.1 Å². The molecule has 1 heterocycles. The molecule has 5 nitrogen and oxygen atoms in total. The van der Waals surface area contributed by atoms with E-state index >= 15 is 0 Å². The van der Waals surface area contributed by atoms with Gasteiger partial charge >= 0.3 is 0 Å². The summed E-state index contributed by atoms with van der Waals surface area (Å²) in [6.45, 7) is 3.43. The Morgan fingerprint density at radius 1 is 1.39 bits per heavy atom. The molecular formula is C18H27NO4. The largest absolute Gasteiger partial charge is 0.502 e. The zero-order valence-electron chi connectivity index (χ0n) is 14.1. The molecule has 0 radical (unpaired) electrons.